The van der Waals surface area contributed by atoms with Gasteiger partial charge in [-0.3, -0.25) is 4.57 Å². The highest BCUT2D eigenvalue weighted by molar-refractivity contribution is 7.59. The summed E-state index contributed by atoms with van der Waals surface area (Å²) in [5, 5.41) is 9.36. The van der Waals surface area contributed by atoms with Crippen molar-refractivity contribution in [2.24, 2.45) is 11.7 Å². The summed E-state index contributed by atoms with van der Waals surface area (Å²) in [6.07, 6.45) is 7.11. The van der Waals surface area contributed by atoms with Crippen LogP contribution < -0.4 is 5.73 Å². The smallest absolute Gasteiger partial charge is 0.332 e. The summed E-state index contributed by atoms with van der Waals surface area (Å²) < 4.78 is 12.6. The molecule has 0 spiro atoms. The molecule has 6 heteroatoms. The molecule has 4 N–H and O–H groups in total. The Kier molecular flexibility index (Phi) is 6.79. The molecule has 2 rings (SSSR count). The Morgan fingerprint density at radius 2 is 1.88 bits per heavy atom. The van der Waals surface area contributed by atoms with E-state index in [1.165, 1.54) is 12.5 Å². The van der Waals surface area contributed by atoms with Gasteiger partial charge in [0.1, 0.15) is 0 Å². The molecule has 0 heterocycles. The molecule has 1 saturated carbocycles. The van der Waals surface area contributed by atoms with Crippen LogP contribution in [0.15, 0.2) is 35.9 Å². The normalized spacial score (nSPS) is 20.3. The molecular formula is C18H26NO4P. The molecule has 5 nitrogen and oxygen atoms in total. The second kappa shape index (κ2) is 8.61. The molecule has 1 aromatic rings. The first-order valence-electron chi connectivity index (χ1n) is 8.44. The van der Waals surface area contributed by atoms with Crippen molar-refractivity contribution in [3.8, 4) is 0 Å². The van der Waals surface area contributed by atoms with Gasteiger partial charge >= 0.3 is 5.97 Å². The lowest BCUT2D eigenvalue weighted by Gasteiger charge is -2.27. The lowest BCUT2D eigenvalue weighted by Crippen LogP contribution is -2.27. The van der Waals surface area contributed by atoms with Gasteiger partial charge < -0.3 is 15.7 Å². The topological polar surface area (TPSA) is 101 Å². The van der Waals surface area contributed by atoms with Gasteiger partial charge in [0, 0.05) is 5.57 Å². The molecule has 2 unspecified atom stereocenters. The van der Waals surface area contributed by atoms with Crippen molar-refractivity contribution in [2.45, 2.75) is 44.3 Å². The van der Waals surface area contributed by atoms with E-state index in [1.807, 2.05) is 6.07 Å². The van der Waals surface area contributed by atoms with Gasteiger partial charge in [-0.15, -0.1) is 0 Å². The van der Waals surface area contributed by atoms with Gasteiger partial charge in [0.25, 0.3) is 0 Å². The Balaban J connectivity index is 2.07. The zero-order valence-corrected chi connectivity index (χ0v) is 14.7. The summed E-state index contributed by atoms with van der Waals surface area (Å²) in [6, 6.07) is 8.92. The minimum atomic E-state index is -3.77. The number of aliphatic carboxylic acids is 1. The number of rotatable bonds is 7. The molecule has 0 radical (unpaired) electrons. The molecular weight excluding hydrogens is 325 g/mol. The Labute approximate surface area is 143 Å². The van der Waals surface area contributed by atoms with Gasteiger partial charge in [-0.2, -0.15) is 0 Å². The number of benzene rings is 1. The molecule has 1 aliphatic carbocycles. The van der Waals surface area contributed by atoms with Gasteiger partial charge in [0.15, 0.2) is 0 Å². The SMILES string of the molecule is NC(CC1CCCCC1)P(=O)(O)C/C(=C/c1ccccc1)C(=O)O. The van der Waals surface area contributed by atoms with Crippen LogP contribution in [0.1, 0.15) is 44.1 Å². The second-order valence-corrected chi connectivity index (χ2v) is 9.10. The van der Waals surface area contributed by atoms with Crippen LogP contribution in [0.4, 0.5) is 0 Å². The van der Waals surface area contributed by atoms with Crippen molar-refractivity contribution < 1.29 is 19.4 Å². The highest BCUT2D eigenvalue weighted by Crippen LogP contribution is 2.49. The molecule has 0 amide bonds. The van der Waals surface area contributed by atoms with E-state index in [2.05, 4.69) is 0 Å². The van der Waals surface area contributed by atoms with Crippen LogP contribution in [-0.4, -0.2) is 27.9 Å². The van der Waals surface area contributed by atoms with Crippen molar-refractivity contribution in [3.63, 3.8) is 0 Å². The fourth-order valence-electron chi connectivity index (χ4n) is 3.22. The monoisotopic (exact) mass is 351 g/mol. The fourth-order valence-corrected chi connectivity index (χ4v) is 4.79. The predicted octanol–water partition coefficient (Wildman–Crippen LogP) is 3.68. The molecule has 1 aromatic carbocycles. The van der Waals surface area contributed by atoms with Gasteiger partial charge in [-0.25, -0.2) is 4.79 Å². The molecule has 0 aromatic heterocycles. The Morgan fingerprint density at radius 1 is 1.25 bits per heavy atom. The quantitative estimate of drug-likeness (QED) is 0.514. The van der Waals surface area contributed by atoms with E-state index in [-0.39, 0.29) is 5.57 Å². The van der Waals surface area contributed by atoms with Crippen LogP contribution in [0.25, 0.3) is 6.08 Å². The third kappa shape index (κ3) is 5.59. The van der Waals surface area contributed by atoms with Crippen LogP contribution >= 0.6 is 7.37 Å². The first-order valence-corrected chi connectivity index (χ1v) is 10.4. The minimum Gasteiger partial charge on any atom is -0.478 e. The number of carboxylic acid groups (broad SMARTS) is 1. The molecule has 24 heavy (non-hydrogen) atoms. The van der Waals surface area contributed by atoms with E-state index in [1.54, 1.807) is 24.3 Å². The van der Waals surface area contributed by atoms with Crippen LogP contribution in [0.5, 0.6) is 0 Å². The maximum atomic E-state index is 12.6. The van der Waals surface area contributed by atoms with Crippen molar-refractivity contribution in [1.82, 2.24) is 0 Å². The van der Waals surface area contributed by atoms with Crippen LogP contribution in [0.2, 0.25) is 0 Å². The van der Waals surface area contributed by atoms with E-state index in [9.17, 15) is 19.4 Å². The van der Waals surface area contributed by atoms with Gasteiger partial charge in [0.2, 0.25) is 7.37 Å². The second-order valence-electron chi connectivity index (χ2n) is 6.61. The van der Waals surface area contributed by atoms with Gasteiger partial charge in [-0.1, -0.05) is 62.4 Å². The summed E-state index contributed by atoms with van der Waals surface area (Å²) in [7, 11) is -3.77. The summed E-state index contributed by atoms with van der Waals surface area (Å²) in [6.45, 7) is 0. The molecule has 1 aliphatic rings. The lowest BCUT2D eigenvalue weighted by atomic mass is 9.87. The van der Waals surface area contributed by atoms with Crippen LogP contribution in [-0.2, 0) is 9.36 Å². The van der Waals surface area contributed by atoms with E-state index in [4.69, 9.17) is 5.73 Å². The van der Waals surface area contributed by atoms with Crippen molar-refractivity contribution >= 4 is 19.4 Å². The van der Waals surface area contributed by atoms with Crippen LogP contribution in [0.3, 0.4) is 0 Å². The standard InChI is InChI=1S/C18H26NO4P/c19-17(12-15-9-5-2-6-10-15)24(22,23)13-16(18(20)21)11-14-7-3-1-4-8-14/h1,3-4,7-8,11,15,17H,2,5-6,9-10,12-13,19H2,(H,20,21)(H,22,23)/b16-11-. The van der Waals surface area contributed by atoms with Crippen LogP contribution in [0, 0.1) is 5.92 Å². The van der Waals surface area contributed by atoms with E-state index >= 15 is 0 Å². The minimum absolute atomic E-state index is 0.0777. The lowest BCUT2D eigenvalue weighted by molar-refractivity contribution is -0.132. The van der Waals surface area contributed by atoms with Crippen molar-refractivity contribution in [3.05, 3.63) is 41.5 Å². The first kappa shape index (κ1) is 18.9. The molecule has 0 aliphatic heterocycles. The average molecular weight is 351 g/mol. The number of hydrogen-bond acceptors (Lipinski definition) is 3. The summed E-state index contributed by atoms with van der Waals surface area (Å²) >= 11 is 0. The molecule has 0 saturated heterocycles. The molecule has 132 valence electrons. The van der Waals surface area contributed by atoms with E-state index < -0.39 is 25.3 Å². The van der Waals surface area contributed by atoms with Crippen molar-refractivity contribution in [1.29, 1.82) is 0 Å². The highest BCUT2D eigenvalue weighted by Gasteiger charge is 2.32. The third-order valence-corrected chi connectivity index (χ3v) is 6.67. The maximum Gasteiger partial charge on any atom is 0.332 e. The number of hydrogen-bond donors (Lipinski definition) is 3. The zero-order valence-electron chi connectivity index (χ0n) is 13.8. The van der Waals surface area contributed by atoms with E-state index in [0.717, 1.165) is 25.7 Å². The zero-order chi connectivity index (χ0) is 17.6. The number of nitrogens with two attached hydrogens (primary N) is 1. The predicted molar refractivity (Wildman–Crippen MR) is 95.9 cm³/mol. The van der Waals surface area contributed by atoms with Crippen molar-refractivity contribution in [2.75, 3.05) is 6.16 Å². The number of carboxylic acids is 1. The fraction of sp³-hybridized carbons (Fsp3) is 0.500. The maximum absolute atomic E-state index is 12.6. The first-order chi connectivity index (χ1) is 11.4. The summed E-state index contributed by atoms with van der Waals surface area (Å²) in [4.78, 5) is 21.8. The van der Waals surface area contributed by atoms with E-state index in [0.29, 0.717) is 17.9 Å². The average Bonchev–Trinajstić information content (AvgIpc) is 2.56. The molecule has 2 atom stereocenters. The largest absolute Gasteiger partial charge is 0.478 e. The Hall–Kier alpha value is -1.42. The summed E-state index contributed by atoms with van der Waals surface area (Å²) in [5.74, 6) is -1.67. The van der Waals surface area contributed by atoms with Gasteiger partial charge in [-0.05, 0) is 24.0 Å². The summed E-state index contributed by atoms with van der Waals surface area (Å²) in [5.41, 5.74) is 6.60. The van der Waals surface area contributed by atoms with Gasteiger partial charge in [0.05, 0.1) is 11.9 Å². The number of carbonyl (C=O) groups is 1. The third-order valence-electron chi connectivity index (χ3n) is 4.63. The molecule has 0 bridgehead atoms. The Morgan fingerprint density at radius 3 is 2.46 bits per heavy atom. The highest BCUT2D eigenvalue weighted by atomic mass is 31.2. The molecule has 1 fully saturated rings. The Bertz CT molecular complexity index is 623.